The monoisotopic (exact) mass is 216 g/mol. The summed E-state index contributed by atoms with van der Waals surface area (Å²) in [6.07, 6.45) is 5.55. The van der Waals surface area contributed by atoms with E-state index in [1.807, 2.05) is 6.07 Å². The molecule has 0 unspecified atom stereocenters. The van der Waals surface area contributed by atoms with Gasteiger partial charge in [0, 0.05) is 18.3 Å². The Morgan fingerprint density at radius 2 is 1.94 bits per heavy atom. The van der Waals surface area contributed by atoms with Gasteiger partial charge in [-0.15, -0.1) is 0 Å². The Labute approximate surface area is 97.9 Å². The molecule has 1 aromatic carbocycles. The molecule has 1 aliphatic carbocycles. The maximum Gasteiger partial charge on any atom is 0.137 e. The number of Topliss-reactive ketones (excluding diaryl/α,β-unsaturated/α-hetero) is 1. The molecule has 0 spiro atoms. The van der Waals surface area contributed by atoms with Crippen LogP contribution >= 0.6 is 0 Å². The van der Waals surface area contributed by atoms with Crippen LogP contribution in [0.3, 0.4) is 0 Å². The van der Waals surface area contributed by atoms with Crippen molar-refractivity contribution in [2.24, 2.45) is 5.92 Å². The van der Waals surface area contributed by atoms with Gasteiger partial charge < -0.3 is 0 Å². The predicted molar refractivity (Wildman–Crippen MR) is 66.4 cm³/mol. The zero-order chi connectivity index (χ0) is 11.4. The van der Waals surface area contributed by atoms with Gasteiger partial charge in [-0.05, 0) is 12.0 Å². The van der Waals surface area contributed by atoms with Crippen LogP contribution < -0.4 is 0 Å². The molecule has 1 fully saturated rings. The van der Waals surface area contributed by atoms with Crippen LogP contribution in [-0.4, -0.2) is 5.78 Å². The second kappa shape index (κ2) is 5.29. The summed E-state index contributed by atoms with van der Waals surface area (Å²) in [6, 6.07) is 10.5. The van der Waals surface area contributed by atoms with Crippen LogP contribution in [0.25, 0.3) is 0 Å². The molecule has 1 aliphatic rings. The van der Waals surface area contributed by atoms with Crippen molar-refractivity contribution in [3.05, 3.63) is 35.9 Å². The summed E-state index contributed by atoms with van der Waals surface area (Å²) in [7, 11) is 0. The molecule has 1 heteroatoms. The highest BCUT2D eigenvalue weighted by molar-refractivity contribution is 5.89. The smallest absolute Gasteiger partial charge is 0.137 e. The highest BCUT2D eigenvalue weighted by atomic mass is 16.1. The Morgan fingerprint density at radius 3 is 2.56 bits per heavy atom. The third-order valence-electron chi connectivity index (χ3n) is 3.67. The highest BCUT2D eigenvalue weighted by Gasteiger charge is 2.39. The molecule has 0 bridgehead atoms. The molecule has 0 radical (unpaired) electrons. The van der Waals surface area contributed by atoms with Crippen molar-refractivity contribution in [2.75, 3.05) is 0 Å². The number of rotatable bonds is 5. The first-order valence-electron chi connectivity index (χ1n) is 6.40. The standard InChI is InChI=1S/C15H20O/c1-2-3-5-10-13-14(11-15(13)16)12-8-6-4-7-9-12/h4,6-9,13-14H,2-3,5,10-11H2,1H3/t13-,14-/m0/s1. The molecule has 1 aromatic rings. The molecular weight excluding hydrogens is 196 g/mol. The highest BCUT2D eigenvalue weighted by Crippen LogP contribution is 2.42. The Hall–Kier alpha value is -1.11. The van der Waals surface area contributed by atoms with Crippen LogP contribution in [0.4, 0.5) is 0 Å². The number of benzene rings is 1. The molecule has 0 heterocycles. The normalized spacial score (nSPS) is 24.2. The number of unbranched alkanes of at least 4 members (excludes halogenated alkanes) is 2. The van der Waals surface area contributed by atoms with Gasteiger partial charge in [-0.1, -0.05) is 56.5 Å². The Morgan fingerprint density at radius 1 is 1.19 bits per heavy atom. The van der Waals surface area contributed by atoms with E-state index in [0.29, 0.717) is 17.6 Å². The van der Waals surface area contributed by atoms with E-state index in [1.165, 1.54) is 24.8 Å². The fourth-order valence-corrected chi connectivity index (χ4v) is 2.60. The molecule has 0 amide bonds. The van der Waals surface area contributed by atoms with Gasteiger partial charge in [0.15, 0.2) is 0 Å². The zero-order valence-corrected chi connectivity index (χ0v) is 9.99. The minimum absolute atomic E-state index is 0.314. The van der Waals surface area contributed by atoms with E-state index >= 15 is 0 Å². The van der Waals surface area contributed by atoms with E-state index in [4.69, 9.17) is 0 Å². The SMILES string of the molecule is CCCCC[C@@H]1C(=O)C[C@H]1c1ccccc1. The fraction of sp³-hybridized carbons (Fsp3) is 0.533. The van der Waals surface area contributed by atoms with E-state index < -0.39 is 0 Å². The molecule has 0 aromatic heterocycles. The molecule has 2 atom stereocenters. The van der Waals surface area contributed by atoms with Crippen molar-refractivity contribution >= 4 is 5.78 Å². The number of carbonyl (C=O) groups excluding carboxylic acids is 1. The maximum atomic E-state index is 11.6. The van der Waals surface area contributed by atoms with Crippen LogP contribution in [0.2, 0.25) is 0 Å². The van der Waals surface area contributed by atoms with Crippen molar-refractivity contribution in [2.45, 2.75) is 44.9 Å². The van der Waals surface area contributed by atoms with Crippen LogP contribution in [-0.2, 0) is 4.79 Å². The first kappa shape index (κ1) is 11.4. The molecule has 86 valence electrons. The summed E-state index contributed by atoms with van der Waals surface area (Å²) in [5.41, 5.74) is 1.35. The summed E-state index contributed by atoms with van der Waals surface area (Å²) in [5.74, 6) is 1.30. The number of carbonyl (C=O) groups is 1. The molecule has 16 heavy (non-hydrogen) atoms. The maximum absolute atomic E-state index is 11.6. The van der Waals surface area contributed by atoms with E-state index in [0.717, 1.165) is 12.8 Å². The lowest BCUT2D eigenvalue weighted by Crippen LogP contribution is -2.35. The number of ketones is 1. The summed E-state index contributed by atoms with van der Waals surface area (Å²) in [4.78, 5) is 11.6. The average molecular weight is 216 g/mol. The third kappa shape index (κ3) is 2.34. The lowest BCUT2D eigenvalue weighted by Gasteiger charge is -2.35. The van der Waals surface area contributed by atoms with Gasteiger partial charge in [0.2, 0.25) is 0 Å². The zero-order valence-electron chi connectivity index (χ0n) is 9.99. The van der Waals surface area contributed by atoms with Gasteiger partial charge >= 0.3 is 0 Å². The lowest BCUT2D eigenvalue weighted by atomic mass is 9.67. The van der Waals surface area contributed by atoms with Crippen molar-refractivity contribution in [1.82, 2.24) is 0 Å². The minimum atomic E-state index is 0.314. The van der Waals surface area contributed by atoms with Gasteiger partial charge in [0.05, 0.1) is 0 Å². The van der Waals surface area contributed by atoms with Crippen LogP contribution in [0, 0.1) is 5.92 Å². The largest absolute Gasteiger partial charge is 0.299 e. The van der Waals surface area contributed by atoms with Crippen LogP contribution in [0.5, 0.6) is 0 Å². The number of hydrogen-bond acceptors (Lipinski definition) is 1. The number of hydrogen-bond donors (Lipinski definition) is 0. The molecule has 2 rings (SSSR count). The van der Waals surface area contributed by atoms with Crippen molar-refractivity contribution in [1.29, 1.82) is 0 Å². The Balaban J connectivity index is 1.94. The van der Waals surface area contributed by atoms with E-state index in [2.05, 4.69) is 31.2 Å². The molecule has 0 N–H and O–H groups in total. The van der Waals surface area contributed by atoms with Gasteiger partial charge in [-0.2, -0.15) is 0 Å². The minimum Gasteiger partial charge on any atom is -0.299 e. The van der Waals surface area contributed by atoms with Crippen LogP contribution in [0.15, 0.2) is 30.3 Å². The van der Waals surface area contributed by atoms with Gasteiger partial charge in [-0.25, -0.2) is 0 Å². The summed E-state index contributed by atoms with van der Waals surface area (Å²) >= 11 is 0. The topological polar surface area (TPSA) is 17.1 Å². The summed E-state index contributed by atoms with van der Waals surface area (Å²) in [5, 5.41) is 0. The van der Waals surface area contributed by atoms with Crippen molar-refractivity contribution < 1.29 is 4.79 Å². The molecular formula is C15H20O. The Bertz CT molecular complexity index is 342. The van der Waals surface area contributed by atoms with E-state index in [9.17, 15) is 4.79 Å². The quantitative estimate of drug-likeness (QED) is 0.681. The predicted octanol–water partition coefficient (Wildman–Crippen LogP) is 3.94. The van der Waals surface area contributed by atoms with Crippen molar-refractivity contribution in [3.8, 4) is 0 Å². The van der Waals surface area contributed by atoms with Gasteiger partial charge in [-0.3, -0.25) is 4.79 Å². The van der Waals surface area contributed by atoms with E-state index in [1.54, 1.807) is 0 Å². The average Bonchev–Trinajstić information content (AvgIpc) is 2.32. The summed E-state index contributed by atoms with van der Waals surface area (Å²) in [6.45, 7) is 2.21. The van der Waals surface area contributed by atoms with E-state index in [-0.39, 0.29) is 0 Å². The molecule has 0 saturated heterocycles. The third-order valence-corrected chi connectivity index (χ3v) is 3.67. The van der Waals surface area contributed by atoms with Crippen LogP contribution in [0.1, 0.15) is 50.5 Å². The molecule has 0 aliphatic heterocycles. The van der Waals surface area contributed by atoms with Gasteiger partial charge in [0.1, 0.15) is 5.78 Å². The van der Waals surface area contributed by atoms with Crippen molar-refractivity contribution in [3.63, 3.8) is 0 Å². The molecule has 1 nitrogen and oxygen atoms in total. The second-order valence-electron chi connectivity index (χ2n) is 4.79. The molecule has 1 saturated carbocycles. The second-order valence-corrected chi connectivity index (χ2v) is 4.79. The summed E-state index contributed by atoms with van der Waals surface area (Å²) < 4.78 is 0. The first-order valence-corrected chi connectivity index (χ1v) is 6.40. The Kier molecular flexibility index (Phi) is 3.76. The first-order chi connectivity index (χ1) is 7.83. The lowest BCUT2D eigenvalue weighted by molar-refractivity contribution is -0.131. The fourth-order valence-electron chi connectivity index (χ4n) is 2.60. The van der Waals surface area contributed by atoms with Gasteiger partial charge in [0.25, 0.3) is 0 Å².